The summed E-state index contributed by atoms with van der Waals surface area (Å²) >= 11 is 0. The molecule has 2 atom stereocenters. The minimum absolute atomic E-state index is 0.0592. The predicted molar refractivity (Wildman–Crippen MR) is 62.4 cm³/mol. The molecule has 0 heterocycles. The van der Waals surface area contributed by atoms with Crippen molar-refractivity contribution in [3.8, 4) is 6.07 Å². The third kappa shape index (κ3) is 3.09. The van der Waals surface area contributed by atoms with Gasteiger partial charge in [-0.3, -0.25) is 4.79 Å². The topological polar surface area (TPSA) is 52.9 Å². The SMILES string of the molecule is CCC(C#N)C(=O)N[C@H](C)c1ccccc1. The number of hydrogen-bond donors (Lipinski definition) is 1. The van der Waals surface area contributed by atoms with Gasteiger partial charge >= 0.3 is 0 Å². The summed E-state index contributed by atoms with van der Waals surface area (Å²) in [7, 11) is 0. The third-order valence-electron chi connectivity index (χ3n) is 2.54. The van der Waals surface area contributed by atoms with Crippen LogP contribution in [0.25, 0.3) is 0 Å². The summed E-state index contributed by atoms with van der Waals surface area (Å²) in [5.41, 5.74) is 1.05. The first-order valence-electron chi connectivity index (χ1n) is 5.44. The molecular formula is C13H16N2O. The Hall–Kier alpha value is -1.82. The van der Waals surface area contributed by atoms with Crippen LogP contribution in [-0.4, -0.2) is 5.91 Å². The largest absolute Gasteiger partial charge is 0.348 e. The molecule has 0 aliphatic heterocycles. The highest BCUT2D eigenvalue weighted by Gasteiger charge is 2.17. The molecule has 84 valence electrons. The molecule has 0 saturated carbocycles. The van der Waals surface area contributed by atoms with E-state index >= 15 is 0 Å². The lowest BCUT2D eigenvalue weighted by Crippen LogP contribution is -2.31. The van der Waals surface area contributed by atoms with E-state index in [0.29, 0.717) is 6.42 Å². The first-order chi connectivity index (χ1) is 7.69. The Morgan fingerprint density at radius 1 is 1.44 bits per heavy atom. The molecule has 1 N–H and O–H groups in total. The predicted octanol–water partition coefficient (Wildman–Crippen LogP) is 2.41. The number of rotatable bonds is 4. The third-order valence-corrected chi connectivity index (χ3v) is 2.54. The zero-order chi connectivity index (χ0) is 12.0. The molecular weight excluding hydrogens is 200 g/mol. The number of nitrogens with one attached hydrogen (secondary N) is 1. The van der Waals surface area contributed by atoms with Gasteiger partial charge in [0.2, 0.25) is 5.91 Å². The summed E-state index contributed by atoms with van der Waals surface area (Å²) in [6, 6.07) is 11.6. The van der Waals surface area contributed by atoms with Gasteiger partial charge in [-0.25, -0.2) is 0 Å². The lowest BCUT2D eigenvalue weighted by atomic mass is 10.1. The first-order valence-corrected chi connectivity index (χ1v) is 5.44. The molecule has 16 heavy (non-hydrogen) atoms. The van der Waals surface area contributed by atoms with Crippen molar-refractivity contribution in [3.63, 3.8) is 0 Å². The van der Waals surface area contributed by atoms with Gasteiger partial charge in [0.05, 0.1) is 12.1 Å². The highest BCUT2D eigenvalue weighted by Crippen LogP contribution is 2.12. The van der Waals surface area contributed by atoms with Crippen molar-refractivity contribution in [2.75, 3.05) is 0 Å². The van der Waals surface area contributed by atoms with Crippen molar-refractivity contribution < 1.29 is 4.79 Å². The molecule has 0 radical (unpaired) electrons. The Labute approximate surface area is 96.1 Å². The Bertz CT molecular complexity index is 381. The molecule has 3 nitrogen and oxygen atoms in total. The smallest absolute Gasteiger partial charge is 0.237 e. The maximum absolute atomic E-state index is 11.7. The fourth-order valence-electron chi connectivity index (χ4n) is 1.47. The summed E-state index contributed by atoms with van der Waals surface area (Å²) in [6.07, 6.45) is 0.545. The van der Waals surface area contributed by atoms with Gasteiger partial charge in [-0.1, -0.05) is 37.3 Å². The number of nitriles is 1. The molecule has 0 fully saturated rings. The molecule has 1 aromatic rings. The average Bonchev–Trinajstić information content (AvgIpc) is 2.31. The Kier molecular flexibility index (Phi) is 4.53. The molecule has 0 spiro atoms. The summed E-state index contributed by atoms with van der Waals surface area (Å²) in [6.45, 7) is 3.75. The maximum atomic E-state index is 11.7. The van der Waals surface area contributed by atoms with Crippen molar-refractivity contribution in [1.82, 2.24) is 5.32 Å². The lowest BCUT2D eigenvalue weighted by molar-refractivity contribution is -0.124. The quantitative estimate of drug-likeness (QED) is 0.840. The first kappa shape index (κ1) is 12.3. The van der Waals surface area contributed by atoms with E-state index in [2.05, 4.69) is 5.32 Å². The van der Waals surface area contributed by atoms with E-state index in [1.54, 1.807) is 0 Å². The van der Waals surface area contributed by atoms with Crippen LogP contribution >= 0.6 is 0 Å². The molecule has 1 unspecified atom stereocenters. The minimum Gasteiger partial charge on any atom is -0.348 e. The summed E-state index contributed by atoms with van der Waals surface area (Å²) in [5.74, 6) is -0.743. The molecule has 1 amide bonds. The van der Waals surface area contributed by atoms with Gasteiger partial charge in [-0.15, -0.1) is 0 Å². The second-order valence-electron chi connectivity index (χ2n) is 3.73. The van der Waals surface area contributed by atoms with Gasteiger partial charge in [-0.2, -0.15) is 5.26 Å². The summed E-state index contributed by atoms with van der Waals surface area (Å²) < 4.78 is 0. The second-order valence-corrected chi connectivity index (χ2v) is 3.73. The van der Waals surface area contributed by atoms with Crippen molar-refractivity contribution in [2.24, 2.45) is 5.92 Å². The van der Waals surface area contributed by atoms with E-state index < -0.39 is 5.92 Å². The van der Waals surface area contributed by atoms with Gasteiger partial charge in [0, 0.05) is 0 Å². The highest BCUT2D eigenvalue weighted by molar-refractivity contribution is 5.81. The van der Waals surface area contributed by atoms with Gasteiger partial charge in [0.25, 0.3) is 0 Å². The fraction of sp³-hybridized carbons (Fsp3) is 0.385. The zero-order valence-corrected chi connectivity index (χ0v) is 9.60. The molecule has 0 aliphatic rings. The zero-order valence-electron chi connectivity index (χ0n) is 9.60. The molecule has 0 aliphatic carbocycles. The number of nitrogens with zero attached hydrogens (tertiary/aromatic N) is 1. The maximum Gasteiger partial charge on any atom is 0.237 e. The number of hydrogen-bond acceptors (Lipinski definition) is 2. The van der Waals surface area contributed by atoms with Crippen LogP contribution < -0.4 is 5.32 Å². The van der Waals surface area contributed by atoms with E-state index in [1.807, 2.05) is 50.2 Å². The molecule has 0 bridgehead atoms. The molecule has 0 aromatic heterocycles. The summed E-state index contributed by atoms with van der Waals surface area (Å²) in [4.78, 5) is 11.7. The van der Waals surface area contributed by atoms with Gasteiger partial charge < -0.3 is 5.32 Å². The number of benzene rings is 1. The molecule has 3 heteroatoms. The van der Waals surface area contributed by atoms with E-state index in [9.17, 15) is 4.79 Å². The van der Waals surface area contributed by atoms with Gasteiger partial charge in [0.15, 0.2) is 0 Å². The molecule has 1 rings (SSSR count). The van der Waals surface area contributed by atoms with E-state index in [-0.39, 0.29) is 11.9 Å². The van der Waals surface area contributed by atoms with Crippen molar-refractivity contribution in [2.45, 2.75) is 26.3 Å². The van der Waals surface area contributed by atoms with Crippen LogP contribution in [0.2, 0.25) is 0 Å². The van der Waals surface area contributed by atoms with Crippen LogP contribution in [0.3, 0.4) is 0 Å². The van der Waals surface area contributed by atoms with Crippen LogP contribution in [0, 0.1) is 17.2 Å². The normalized spacial score (nSPS) is 13.6. The average molecular weight is 216 g/mol. The highest BCUT2D eigenvalue weighted by atomic mass is 16.1. The van der Waals surface area contributed by atoms with Crippen LogP contribution in [0.4, 0.5) is 0 Å². The van der Waals surface area contributed by atoms with Crippen LogP contribution in [0.1, 0.15) is 31.9 Å². The van der Waals surface area contributed by atoms with Gasteiger partial charge in [0.1, 0.15) is 5.92 Å². The van der Waals surface area contributed by atoms with Gasteiger partial charge in [-0.05, 0) is 18.9 Å². The number of amides is 1. The Morgan fingerprint density at radius 3 is 2.56 bits per heavy atom. The Morgan fingerprint density at radius 2 is 2.06 bits per heavy atom. The van der Waals surface area contributed by atoms with Crippen molar-refractivity contribution >= 4 is 5.91 Å². The lowest BCUT2D eigenvalue weighted by Gasteiger charge is -2.15. The standard InChI is InChI=1S/C13H16N2O/c1-3-11(9-14)13(16)15-10(2)12-7-5-4-6-8-12/h4-8,10-11H,3H2,1-2H3,(H,15,16)/t10-,11?/m1/s1. The molecule has 1 aromatic carbocycles. The molecule has 0 saturated heterocycles. The fourth-order valence-corrected chi connectivity index (χ4v) is 1.47. The van der Waals surface area contributed by atoms with E-state index in [0.717, 1.165) is 5.56 Å². The minimum atomic E-state index is -0.550. The van der Waals surface area contributed by atoms with Crippen LogP contribution in [0.5, 0.6) is 0 Å². The van der Waals surface area contributed by atoms with E-state index in [4.69, 9.17) is 5.26 Å². The number of carbonyl (C=O) groups is 1. The summed E-state index contributed by atoms with van der Waals surface area (Å²) in [5, 5.41) is 11.6. The van der Waals surface area contributed by atoms with Crippen molar-refractivity contribution in [3.05, 3.63) is 35.9 Å². The van der Waals surface area contributed by atoms with Crippen LogP contribution in [0.15, 0.2) is 30.3 Å². The van der Waals surface area contributed by atoms with Crippen molar-refractivity contribution in [1.29, 1.82) is 5.26 Å². The Balaban J connectivity index is 2.62. The number of carbonyl (C=O) groups excluding carboxylic acids is 1. The second kappa shape index (κ2) is 5.92. The van der Waals surface area contributed by atoms with Crippen LogP contribution in [-0.2, 0) is 4.79 Å². The monoisotopic (exact) mass is 216 g/mol. The van der Waals surface area contributed by atoms with E-state index in [1.165, 1.54) is 0 Å².